The predicted octanol–water partition coefficient (Wildman–Crippen LogP) is 7.08. The Labute approximate surface area is 209 Å². The SMILES string of the molecule is C1CCOC2CCCC3C(CCCC23)OCCCCCOC2CCCC3C(CCCC23)OCC1. The molecule has 0 spiro atoms. The van der Waals surface area contributed by atoms with Crippen LogP contribution in [0.3, 0.4) is 0 Å². The second-order valence-corrected chi connectivity index (χ2v) is 12.1. The molecule has 4 heteroatoms. The Morgan fingerprint density at radius 1 is 0.265 bits per heavy atom. The van der Waals surface area contributed by atoms with E-state index >= 15 is 0 Å². The van der Waals surface area contributed by atoms with Gasteiger partial charge in [0.15, 0.2) is 0 Å². The Hall–Kier alpha value is -0.160. The molecule has 0 aromatic carbocycles. The van der Waals surface area contributed by atoms with Crippen molar-refractivity contribution in [2.75, 3.05) is 26.4 Å². The van der Waals surface area contributed by atoms with Crippen molar-refractivity contribution in [1.82, 2.24) is 0 Å². The van der Waals surface area contributed by atoms with Crippen LogP contribution in [0.1, 0.15) is 116 Å². The van der Waals surface area contributed by atoms with Crippen LogP contribution in [0.5, 0.6) is 0 Å². The first-order valence-corrected chi connectivity index (χ1v) is 15.4. The number of rotatable bonds is 0. The molecule has 196 valence electrons. The largest absolute Gasteiger partial charge is 0.378 e. The molecule has 4 aliphatic carbocycles. The minimum Gasteiger partial charge on any atom is -0.378 e. The molecule has 5 aliphatic rings. The highest BCUT2D eigenvalue weighted by Crippen LogP contribution is 2.44. The predicted molar refractivity (Wildman–Crippen MR) is 136 cm³/mol. The van der Waals surface area contributed by atoms with Gasteiger partial charge in [-0.25, -0.2) is 0 Å². The van der Waals surface area contributed by atoms with E-state index in [4.69, 9.17) is 18.9 Å². The van der Waals surface area contributed by atoms with Gasteiger partial charge in [-0.2, -0.15) is 0 Å². The summed E-state index contributed by atoms with van der Waals surface area (Å²) in [6.07, 6.45) is 24.9. The lowest BCUT2D eigenvalue weighted by atomic mass is 9.68. The molecule has 0 aromatic rings. The maximum Gasteiger partial charge on any atom is 0.0606 e. The summed E-state index contributed by atoms with van der Waals surface area (Å²) in [5, 5.41) is 0. The molecular formula is C30H52O4. The Morgan fingerprint density at radius 2 is 0.529 bits per heavy atom. The maximum absolute atomic E-state index is 6.52. The van der Waals surface area contributed by atoms with Crippen molar-refractivity contribution in [3.8, 4) is 0 Å². The molecule has 4 saturated carbocycles. The van der Waals surface area contributed by atoms with E-state index in [1.807, 2.05) is 0 Å². The second-order valence-electron chi connectivity index (χ2n) is 12.1. The summed E-state index contributed by atoms with van der Waals surface area (Å²) in [5.74, 6) is 2.95. The van der Waals surface area contributed by atoms with E-state index in [1.54, 1.807) is 0 Å². The van der Waals surface area contributed by atoms with Crippen LogP contribution in [0.25, 0.3) is 0 Å². The molecule has 1 saturated heterocycles. The van der Waals surface area contributed by atoms with Gasteiger partial charge in [0.1, 0.15) is 0 Å². The molecule has 4 nitrogen and oxygen atoms in total. The van der Waals surface area contributed by atoms with Crippen LogP contribution in [0, 0.1) is 23.7 Å². The van der Waals surface area contributed by atoms with E-state index < -0.39 is 0 Å². The zero-order valence-electron chi connectivity index (χ0n) is 21.8. The summed E-state index contributed by atoms with van der Waals surface area (Å²) in [7, 11) is 0. The average molecular weight is 477 g/mol. The second kappa shape index (κ2) is 13.4. The molecule has 8 bridgehead atoms. The van der Waals surface area contributed by atoms with Crippen LogP contribution < -0.4 is 0 Å². The molecular weight excluding hydrogens is 424 g/mol. The van der Waals surface area contributed by atoms with Crippen LogP contribution in [0.2, 0.25) is 0 Å². The van der Waals surface area contributed by atoms with Crippen molar-refractivity contribution in [3.05, 3.63) is 0 Å². The summed E-state index contributed by atoms with van der Waals surface area (Å²) in [5.41, 5.74) is 0. The third-order valence-corrected chi connectivity index (χ3v) is 10.0. The smallest absolute Gasteiger partial charge is 0.0606 e. The van der Waals surface area contributed by atoms with E-state index in [-0.39, 0.29) is 0 Å². The molecule has 5 fully saturated rings. The zero-order valence-corrected chi connectivity index (χ0v) is 21.8. The van der Waals surface area contributed by atoms with E-state index in [2.05, 4.69) is 0 Å². The third-order valence-electron chi connectivity index (χ3n) is 10.0. The lowest BCUT2D eigenvalue weighted by molar-refractivity contribution is -0.110. The summed E-state index contributed by atoms with van der Waals surface area (Å²) < 4.78 is 26.1. The number of ether oxygens (including phenoxy) is 4. The van der Waals surface area contributed by atoms with E-state index in [9.17, 15) is 0 Å². The highest BCUT2D eigenvalue weighted by Gasteiger charge is 2.42. The fraction of sp³-hybridized carbons (Fsp3) is 1.00. The van der Waals surface area contributed by atoms with E-state index in [0.29, 0.717) is 24.4 Å². The zero-order chi connectivity index (χ0) is 23.0. The van der Waals surface area contributed by atoms with Gasteiger partial charge in [-0.05, 0) is 114 Å². The molecule has 1 heterocycles. The van der Waals surface area contributed by atoms with Gasteiger partial charge < -0.3 is 18.9 Å². The first kappa shape index (κ1) is 25.5. The fourth-order valence-electron chi connectivity index (χ4n) is 8.31. The molecule has 34 heavy (non-hydrogen) atoms. The number of hydrogen-bond donors (Lipinski definition) is 0. The van der Waals surface area contributed by atoms with Gasteiger partial charge in [0.25, 0.3) is 0 Å². The lowest BCUT2D eigenvalue weighted by Gasteiger charge is -2.45. The van der Waals surface area contributed by atoms with Gasteiger partial charge in [-0.1, -0.05) is 25.7 Å². The highest BCUT2D eigenvalue weighted by molar-refractivity contribution is 4.92. The average Bonchev–Trinajstić information content (AvgIpc) is 2.87. The van der Waals surface area contributed by atoms with Crippen molar-refractivity contribution in [2.24, 2.45) is 23.7 Å². The summed E-state index contributed by atoms with van der Waals surface area (Å²) in [6, 6.07) is 0. The van der Waals surface area contributed by atoms with Gasteiger partial charge in [0.05, 0.1) is 24.4 Å². The Morgan fingerprint density at radius 3 is 0.794 bits per heavy atom. The first-order chi connectivity index (χ1) is 16.9. The molecule has 0 radical (unpaired) electrons. The van der Waals surface area contributed by atoms with E-state index in [0.717, 1.165) is 50.1 Å². The van der Waals surface area contributed by atoms with E-state index in [1.165, 1.54) is 116 Å². The van der Waals surface area contributed by atoms with Crippen LogP contribution >= 0.6 is 0 Å². The lowest BCUT2D eigenvalue weighted by Crippen LogP contribution is -2.44. The molecule has 0 aromatic heterocycles. The van der Waals surface area contributed by atoms with Crippen LogP contribution in [0.4, 0.5) is 0 Å². The summed E-state index contributed by atoms with van der Waals surface area (Å²) in [6.45, 7) is 3.75. The topological polar surface area (TPSA) is 36.9 Å². The molecule has 8 unspecified atom stereocenters. The minimum absolute atomic E-state index is 0.481. The molecule has 1 aliphatic heterocycles. The molecule has 8 atom stereocenters. The third kappa shape index (κ3) is 6.58. The van der Waals surface area contributed by atoms with Crippen LogP contribution in [-0.2, 0) is 18.9 Å². The minimum atomic E-state index is 0.481. The Balaban J connectivity index is 1.16. The van der Waals surface area contributed by atoms with Crippen molar-refractivity contribution in [3.63, 3.8) is 0 Å². The molecule has 5 rings (SSSR count). The highest BCUT2D eigenvalue weighted by atomic mass is 16.5. The number of hydrogen-bond acceptors (Lipinski definition) is 4. The van der Waals surface area contributed by atoms with Gasteiger partial charge in [0, 0.05) is 26.4 Å². The molecule has 0 amide bonds. The fourth-order valence-corrected chi connectivity index (χ4v) is 8.31. The Bertz CT molecular complexity index is 484. The van der Waals surface area contributed by atoms with Crippen molar-refractivity contribution in [1.29, 1.82) is 0 Å². The van der Waals surface area contributed by atoms with Crippen molar-refractivity contribution < 1.29 is 18.9 Å². The standard InChI is InChI=1S/C30H52O4/c1-3-19-31-27-15-7-13-25-23(27)11-9-17-29(25)33-21-5-2-6-22-34-30-18-10-12-24-26(30)14-8-16-28(24)32-20-4-1/h23-30H,1-22H2. The van der Waals surface area contributed by atoms with Gasteiger partial charge >= 0.3 is 0 Å². The normalized spacial score (nSPS) is 43.8. The summed E-state index contributed by atoms with van der Waals surface area (Å²) in [4.78, 5) is 0. The van der Waals surface area contributed by atoms with Gasteiger partial charge in [0.2, 0.25) is 0 Å². The first-order valence-electron chi connectivity index (χ1n) is 15.4. The Kier molecular flexibility index (Phi) is 10.0. The summed E-state index contributed by atoms with van der Waals surface area (Å²) >= 11 is 0. The monoisotopic (exact) mass is 476 g/mol. The van der Waals surface area contributed by atoms with Crippen LogP contribution in [0.15, 0.2) is 0 Å². The van der Waals surface area contributed by atoms with Gasteiger partial charge in [-0.3, -0.25) is 0 Å². The maximum atomic E-state index is 6.52. The molecule has 0 N–H and O–H groups in total. The quantitative estimate of drug-likeness (QED) is 0.374. The van der Waals surface area contributed by atoms with Crippen molar-refractivity contribution >= 4 is 0 Å². The van der Waals surface area contributed by atoms with Crippen LogP contribution in [-0.4, -0.2) is 50.8 Å². The van der Waals surface area contributed by atoms with Gasteiger partial charge in [-0.15, -0.1) is 0 Å². The van der Waals surface area contributed by atoms with Crippen molar-refractivity contribution in [2.45, 2.75) is 140 Å².